The Morgan fingerprint density at radius 2 is 2.00 bits per heavy atom. The van der Waals surface area contributed by atoms with E-state index >= 15 is 0 Å². The molecule has 2 heteroatoms. The van der Waals surface area contributed by atoms with Crippen molar-refractivity contribution in [2.75, 3.05) is 0 Å². The number of hydrogen-bond donors (Lipinski definition) is 2. The molecule has 0 aromatic heterocycles. The Hall–Kier alpha value is -1.28. The molecule has 0 unspecified atom stereocenters. The first-order valence-electron chi connectivity index (χ1n) is 5.99. The summed E-state index contributed by atoms with van der Waals surface area (Å²) in [6, 6.07) is 5.36. The van der Waals surface area contributed by atoms with Crippen molar-refractivity contribution in [3.63, 3.8) is 0 Å². The molecular weight excluding hydrogens is 212 g/mol. The van der Waals surface area contributed by atoms with E-state index in [1.165, 1.54) is 5.57 Å². The van der Waals surface area contributed by atoms with E-state index in [1.807, 2.05) is 32.9 Å². The van der Waals surface area contributed by atoms with Crippen molar-refractivity contribution in [3.05, 3.63) is 41.0 Å². The molecule has 0 spiro atoms. The monoisotopic (exact) mass is 234 g/mol. The predicted molar refractivity (Wildman–Crippen MR) is 71.1 cm³/mol. The van der Waals surface area contributed by atoms with E-state index in [9.17, 15) is 10.2 Å². The van der Waals surface area contributed by atoms with Crippen molar-refractivity contribution in [3.8, 4) is 5.75 Å². The number of aliphatic hydroxyl groups is 1. The van der Waals surface area contributed by atoms with Crippen LogP contribution in [0.2, 0.25) is 0 Å². The van der Waals surface area contributed by atoms with Crippen LogP contribution in [0, 0.1) is 6.92 Å². The molecule has 1 rings (SSSR count). The lowest BCUT2D eigenvalue weighted by molar-refractivity contribution is 0.0485. The molecule has 0 radical (unpaired) electrons. The maximum Gasteiger partial charge on any atom is 0.118 e. The van der Waals surface area contributed by atoms with E-state index in [4.69, 9.17) is 0 Å². The fraction of sp³-hybridized carbons (Fsp3) is 0.467. The third-order valence-corrected chi connectivity index (χ3v) is 3.01. The van der Waals surface area contributed by atoms with E-state index in [0.29, 0.717) is 6.42 Å². The molecule has 1 aromatic rings. The quantitative estimate of drug-likeness (QED) is 0.781. The fourth-order valence-corrected chi connectivity index (χ4v) is 1.73. The molecule has 1 aromatic carbocycles. The lowest BCUT2D eigenvalue weighted by Crippen LogP contribution is -2.20. The van der Waals surface area contributed by atoms with E-state index in [0.717, 1.165) is 17.5 Å². The minimum absolute atomic E-state index is 0.241. The van der Waals surface area contributed by atoms with Crippen molar-refractivity contribution >= 4 is 0 Å². The first kappa shape index (κ1) is 13.8. The van der Waals surface area contributed by atoms with Crippen LogP contribution in [-0.4, -0.2) is 10.2 Å². The SMILES string of the molecule is CC(C)=CCC[C@](C)(O)c1ccc(C)c(O)c1. The largest absolute Gasteiger partial charge is 0.508 e. The molecular formula is C15H22O2. The Labute approximate surface area is 104 Å². The lowest BCUT2D eigenvalue weighted by atomic mass is 9.90. The van der Waals surface area contributed by atoms with Gasteiger partial charge in [0.15, 0.2) is 0 Å². The second-order valence-corrected chi connectivity index (χ2v) is 5.10. The van der Waals surface area contributed by atoms with Gasteiger partial charge < -0.3 is 10.2 Å². The van der Waals surface area contributed by atoms with E-state index in [1.54, 1.807) is 13.0 Å². The van der Waals surface area contributed by atoms with Crippen LogP contribution in [0.5, 0.6) is 5.75 Å². The van der Waals surface area contributed by atoms with Crippen molar-refractivity contribution in [2.24, 2.45) is 0 Å². The number of aromatic hydroxyl groups is 1. The van der Waals surface area contributed by atoms with Gasteiger partial charge in [-0.05, 0) is 57.7 Å². The Balaban J connectivity index is 2.81. The molecule has 0 aliphatic carbocycles. The summed E-state index contributed by atoms with van der Waals surface area (Å²) < 4.78 is 0. The van der Waals surface area contributed by atoms with Gasteiger partial charge in [-0.15, -0.1) is 0 Å². The summed E-state index contributed by atoms with van der Waals surface area (Å²) in [7, 11) is 0. The van der Waals surface area contributed by atoms with Gasteiger partial charge in [-0.1, -0.05) is 23.8 Å². The van der Waals surface area contributed by atoms with Crippen LogP contribution in [0.4, 0.5) is 0 Å². The molecule has 0 saturated heterocycles. The third-order valence-electron chi connectivity index (χ3n) is 3.01. The molecule has 0 aliphatic rings. The maximum atomic E-state index is 10.4. The van der Waals surface area contributed by atoms with Crippen molar-refractivity contribution < 1.29 is 10.2 Å². The van der Waals surface area contributed by atoms with Crippen molar-refractivity contribution in [1.82, 2.24) is 0 Å². The van der Waals surface area contributed by atoms with Crippen LogP contribution in [-0.2, 0) is 5.60 Å². The number of phenolic OH excluding ortho intramolecular Hbond substituents is 1. The zero-order valence-electron chi connectivity index (χ0n) is 11.1. The molecule has 0 fully saturated rings. The molecule has 0 saturated carbocycles. The molecule has 0 bridgehead atoms. The Morgan fingerprint density at radius 1 is 1.35 bits per heavy atom. The summed E-state index contributed by atoms with van der Waals surface area (Å²) >= 11 is 0. The first-order valence-corrected chi connectivity index (χ1v) is 5.99. The van der Waals surface area contributed by atoms with Crippen LogP contribution in [0.3, 0.4) is 0 Å². The van der Waals surface area contributed by atoms with Gasteiger partial charge in [0.2, 0.25) is 0 Å². The van der Waals surface area contributed by atoms with Gasteiger partial charge in [-0.25, -0.2) is 0 Å². The van der Waals surface area contributed by atoms with Gasteiger partial charge in [-0.2, -0.15) is 0 Å². The van der Waals surface area contributed by atoms with Gasteiger partial charge in [0, 0.05) is 0 Å². The van der Waals surface area contributed by atoms with Crippen molar-refractivity contribution in [2.45, 2.75) is 46.1 Å². The standard InChI is InChI=1S/C15H22O2/c1-11(2)6-5-9-15(4,17)13-8-7-12(3)14(16)10-13/h6-8,10,16-17H,5,9H2,1-4H3/t15-/m0/s1. The number of aryl methyl sites for hydroxylation is 1. The molecule has 94 valence electrons. The topological polar surface area (TPSA) is 40.5 Å². The zero-order chi connectivity index (χ0) is 13.1. The average molecular weight is 234 g/mol. The number of benzene rings is 1. The molecule has 0 heterocycles. The molecule has 1 atom stereocenters. The normalized spacial score (nSPS) is 14.2. The van der Waals surface area contributed by atoms with Gasteiger partial charge in [0.05, 0.1) is 5.60 Å². The number of hydrogen-bond acceptors (Lipinski definition) is 2. The third kappa shape index (κ3) is 3.90. The van der Waals surface area contributed by atoms with E-state index < -0.39 is 5.60 Å². The smallest absolute Gasteiger partial charge is 0.118 e. The molecule has 0 amide bonds. The van der Waals surface area contributed by atoms with Crippen LogP contribution >= 0.6 is 0 Å². The summed E-state index contributed by atoms with van der Waals surface area (Å²) in [5.41, 5.74) is 1.96. The highest BCUT2D eigenvalue weighted by Crippen LogP contribution is 2.30. The molecule has 2 nitrogen and oxygen atoms in total. The minimum Gasteiger partial charge on any atom is -0.508 e. The zero-order valence-corrected chi connectivity index (χ0v) is 11.1. The van der Waals surface area contributed by atoms with Gasteiger partial charge in [-0.3, -0.25) is 0 Å². The van der Waals surface area contributed by atoms with Crippen molar-refractivity contribution in [1.29, 1.82) is 0 Å². The minimum atomic E-state index is -0.892. The highest BCUT2D eigenvalue weighted by atomic mass is 16.3. The van der Waals surface area contributed by atoms with Crippen LogP contribution in [0.1, 0.15) is 44.7 Å². The Morgan fingerprint density at radius 3 is 2.53 bits per heavy atom. The summed E-state index contributed by atoms with van der Waals surface area (Å²) in [4.78, 5) is 0. The van der Waals surface area contributed by atoms with Gasteiger partial charge >= 0.3 is 0 Å². The van der Waals surface area contributed by atoms with Crippen LogP contribution in [0.15, 0.2) is 29.8 Å². The lowest BCUT2D eigenvalue weighted by Gasteiger charge is -2.23. The number of rotatable bonds is 4. The summed E-state index contributed by atoms with van der Waals surface area (Å²) in [5.74, 6) is 0.241. The molecule has 17 heavy (non-hydrogen) atoms. The average Bonchev–Trinajstić information content (AvgIpc) is 2.21. The number of allylic oxidation sites excluding steroid dienone is 2. The highest BCUT2D eigenvalue weighted by Gasteiger charge is 2.22. The molecule has 0 aliphatic heterocycles. The van der Waals surface area contributed by atoms with Gasteiger partial charge in [0.25, 0.3) is 0 Å². The first-order chi connectivity index (χ1) is 7.83. The van der Waals surface area contributed by atoms with Crippen LogP contribution in [0.25, 0.3) is 0 Å². The highest BCUT2D eigenvalue weighted by molar-refractivity contribution is 5.37. The van der Waals surface area contributed by atoms with Gasteiger partial charge in [0.1, 0.15) is 5.75 Å². The maximum absolute atomic E-state index is 10.4. The van der Waals surface area contributed by atoms with E-state index in [-0.39, 0.29) is 5.75 Å². The molecule has 2 N–H and O–H groups in total. The summed E-state index contributed by atoms with van der Waals surface area (Å²) in [5, 5.41) is 20.0. The Bertz CT molecular complexity index is 413. The second kappa shape index (κ2) is 5.37. The van der Waals surface area contributed by atoms with E-state index in [2.05, 4.69) is 6.08 Å². The Kier molecular flexibility index (Phi) is 4.35. The summed E-state index contributed by atoms with van der Waals surface area (Å²) in [6.07, 6.45) is 3.60. The van der Waals surface area contributed by atoms with Crippen LogP contribution < -0.4 is 0 Å². The number of phenols is 1. The predicted octanol–water partition coefficient (Wildman–Crippen LogP) is 3.65. The fourth-order valence-electron chi connectivity index (χ4n) is 1.73. The second-order valence-electron chi connectivity index (χ2n) is 5.10. The summed E-state index contributed by atoms with van der Waals surface area (Å²) in [6.45, 7) is 7.73.